The van der Waals surface area contributed by atoms with Gasteiger partial charge in [0.2, 0.25) is 0 Å². The zero-order valence-electron chi connectivity index (χ0n) is 25.5. The van der Waals surface area contributed by atoms with Gasteiger partial charge < -0.3 is 19.1 Å². The molecular formula is C33H34N3O9P. The Morgan fingerprint density at radius 3 is 2.02 bits per heavy atom. The summed E-state index contributed by atoms with van der Waals surface area (Å²) >= 11 is 0. The second-order valence-corrected chi connectivity index (χ2v) is 11.5. The Labute approximate surface area is 265 Å². The van der Waals surface area contributed by atoms with E-state index in [1.807, 2.05) is 84.9 Å². The number of aromatic amines is 1. The van der Waals surface area contributed by atoms with Crippen LogP contribution in [0.3, 0.4) is 0 Å². The molecule has 240 valence electrons. The Bertz CT molecular complexity index is 1800. The Morgan fingerprint density at radius 2 is 1.48 bits per heavy atom. The fourth-order valence-corrected chi connectivity index (χ4v) is 5.40. The molecule has 0 bridgehead atoms. The average Bonchev–Trinajstić information content (AvgIpc) is 3.07. The van der Waals surface area contributed by atoms with Crippen molar-refractivity contribution in [3.05, 3.63) is 134 Å². The van der Waals surface area contributed by atoms with Gasteiger partial charge >= 0.3 is 13.5 Å². The molecule has 0 radical (unpaired) electrons. The molecular weight excluding hydrogens is 613 g/mol. The van der Waals surface area contributed by atoms with E-state index in [0.717, 1.165) is 21.3 Å². The Kier molecular flexibility index (Phi) is 11.5. The van der Waals surface area contributed by atoms with Crippen molar-refractivity contribution in [3.63, 3.8) is 0 Å². The maximum Gasteiger partial charge on any atom is 0.472 e. The lowest BCUT2D eigenvalue weighted by Gasteiger charge is -2.36. The number of aromatic nitrogens is 2. The number of methoxy groups -OCH3 is 2. The minimum absolute atomic E-state index is 0.116. The van der Waals surface area contributed by atoms with Crippen molar-refractivity contribution in [1.82, 2.24) is 9.55 Å². The lowest BCUT2D eigenvalue weighted by atomic mass is 9.80. The van der Waals surface area contributed by atoms with Gasteiger partial charge in [-0.2, -0.15) is 5.26 Å². The fraction of sp³-hybridized carbons (Fsp3) is 0.242. The van der Waals surface area contributed by atoms with Gasteiger partial charge in [0.15, 0.2) is 0 Å². The molecule has 0 saturated heterocycles. The van der Waals surface area contributed by atoms with Gasteiger partial charge in [0.05, 0.1) is 46.5 Å². The third-order valence-electron chi connectivity index (χ3n) is 7.00. The van der Waals surface area contributed by atoms with Gasteiger partial charge in [-0.15, -0.1) is 0 Å². The third kappa shape index (κ3) is 8.28. The standard InChI is InChI=1S/C33H34N3O9P/c1-24-20-36(32(38)35-31(24)37)21-25(23-45-46(39,40)44-19-7-18-34)22-43-33(26-8-5-4-6-9-26,27-10-14-29(41-2)15-11-27)28-12-16-30(42-3)17-13-28/h4-6,8-17,20-21H,7,19,22-23H2,1-3H3,(H,39,40)(H,35,37,38)/b25-21-. The predicted octanol–water partition coefficient (Wildman–Crippen LogP) is 4.76. The highest BCUT2D eigenvalue weighted by Crippen LogP contribution is 2.45. The van der Waals surface area contributed by atoms with E-state index < -0.39 is 31.3 Å². The van der Waals surface area contributed by atoms with E-state index in [0.29, 0.717) is 11.5 Å². The zero-order chi connectivity index (χ0) is 33.2. The number of ether oxygens (including phenoxy) is 3. The van der Waals surface area contributed by atoms with Crippen LogP contribution in [0.25, 0.3) is 6.20 Å². The summed E-state index contributed by atoms with van der Waals surface area (Å²) < 4.78 is 41.5. The van der Waals surface area contributed by atoms with Gasteiger partial charge in [-0.25, -0.2) is 9.36 Å². The molecule has 4 aromatic rings. The summed E-state index contributed by atoms with van der Waals surface area (Å²) in [5, 5.41) is 8.76. The summed E-state index contributed by atoms with van der Waals surface area (Å²) in [5.74, 6) is 1.27. The number of nitrogens with one attached hydrogen (secondary N) is 1. The van der Waals surface area contributed by atoms with Gasteiger partial charge in [-0.3, -0.25) is 23.4 Å². The molecule has 4 rings (SSSR count). The van der Waals surface area contributed by atoms with Gasteiger partial charge in [0.1, 0.15) is 17.1 Å². The van der Waals surface area contributed by atoms with Crippen LogP contribution in [0.2, 0.25) is 0 Å². The highest BCUT2D eigenvalue weighted by molar-refractivity contribution is 7.47. The quantitative estimate of drug-likeness (QED) is 0.105. The van der Waals surface area contributed by atoms with Gasteiger partial charge in [-0.1, -0.05) is 54.6 Å². The van der Waals surface area contributed by atoms with Crippen LogP contribution in [0.5, 0.6) is 11.5 Å². The SMILES string of the molecule is COc1ccc(C(OC/C(=C/n2cc(C)c(=O)[nH]c2=O)COP(=O)(O)OCCC#N)(c2ccccc2)c2ccc(OC)cc2)cc1. The number of phosphoric ester groups is 1. The molecule has 0 amide bonds. The minimum Gasteiger partial charge on any atom is -0.497 e. The number of aryl methyl sites for hydroxylation is 1. The second-order valence-electron chi connectivity index (χ2n) is 10.0. The van der Waals surface area contributed by atoms with Crippen LogP contribution in [0, 0.1) is 18.3 Å². The van der Waals surface area contributed by atoms with Crippen LogP contribution in [-0.4, -0.2) is 48.5 Å². The number of phosphoric acid groups is 1. The second kappa shape index (κ2) is 15.5. The van der Waals surface area contributed by atoms with Crippen molar-refractivity contribution in [3.8, 4) is 17.6 Å². The topological polar surface area (TPSA) is 162 Å². The average molecular weight is 648 g/mol. The molecule has 0 aliphatic heterocycles. The van der Waals surface area contributed by atoms with Crippen LogP contribution in [0.1, 0.15) is 28.7 Å². The lowest BCUT2D eigenvalue weighted by molar-refractivity contribution is 0.0242. The van der Waals surface area contributed by atoms with Crippen LogP contribution in [-0.2, 0) is 24.0 Å². The summed E-state index contributed by atoms with van der Waals surface area (Å²) in [6.07, 6.45) is 2.58. The largest absolute Gasteiger partial charge is 0.497 e. The molecule has 0 aliphatic rings. The van der Waals surface area contributed by atoms with E-state index in [1.165, 1.54) is 19.3 Å². The monoisotopic (exact) mass is 647 g/mol. The third-order valence-corrected chi connectivity index (χ3v) is 7.96. The summed E-state index contributed by atoms with van der Waals surface area (Å²) in [4.78, 5) is 37.2. The number of H-pyrrole nitrogens is 1. The number of benzene rings is 3. The number of hydrogen-bond donors (Lipinski definition) is 2. The van der Waals surface area contributed by atoms with E-state index in [1.54, 1.807) is 14.2 Å². The maximum absolute atomic E-state index is 12.7. The minimum atomic E-state index is -4.59. The number of nitriles is 1. The molecule has 1 heterocycles. The first-order chi connectivity index (χ1) is 22.1. The normalized spacial score (nSPS) is 13.1. The van der Waals surface area contributed by atoms with Gasteiger partial charge in [0, 0.05) is 18.0 Å². The van der Waals surface area contributed by atoms with Crippen molar-refractivity contribution in [2.24, 2.45) is 0 Å². The van der Waals surface area contributed by atoms with Crippen molar-refractivity contribution < 1.29 is 32.7 Å². The van der Waals surface area contributed by atoms with Crippen LogP contribution >= 0.6 is 7.82 Å². The lowest BCUT2D eigenvalue weighted by Crippen LogP contribution is -2.34. The van der Waals surface area contributed by atoms with E-state index in [2.05, 4.69) is 4.98 Å². The zero-order valence-corrected chi connectivity index (χ0v) is 26.4. The molecule has 1 aromatic heterocycles. The van der Waals surface area contributed by atoms with Crippen LogP contribution in [0.15, 0.2) is 100 Å². The Balaban J connectivity index is 1.84. The Morgan fingerprint density at radius 1 is 0.913 bits per heavy atom. The first-order valence-electron chi connectivity index (χ1n) is 14.1. The van der Waals surface area contributed by atoms with Crippen molar-refractivity contribution in [2.45, 2.75) is 18.9 Å². The highest BCUT2D eigenvalue weighted by atomic mass is 31.2. The van der Waals surface area contributed by atoms with Crippen molar-refractivity contribution in [1.29, 1.82) is 5.26 Å². The highest BCUT2D eigenvalue weighted by Gasteiger charge is 2.38. The predicted molar refractivity (Wildman–Crippen MR) is 171 cm³/mol. The summed E-state index contributed by atoms with van der Waals surface area (Å²) in [6.45, 7) is 0.495. The molecule has 0 aliphatic carbocycles. The van der Waals surface area contributed by atoms with E-state index >= 15 is 0 Å². The summed E-state index contributed by atoms with van der Waals surface area (Å²) in [7, 11) is -1.45. The van der Waals surface area contributed by atoms with E-state index in [-0.39, 0.29) is 30.8 Å². The summed E-state index contributed by atoms with van der Waals surface area (Å²) in [6, 6.07) is 26.0. The molecule has 0 spiro atoms. The molecule has 13 heteroatoms. The van der Waals surface area contributed by atoms with Crippen LogP contribution in [0.4, 0.5) is 0 Å². The molecule has 2 N–H and O–H groups in total. The summed E-state index contributed by atoms with van der Waals surface area (Å²) in [5.41, 5.74) is 0.201. The molecule has 46 heavy (non-hydrogen) atoms. The van der Waals surface area contributed by atoms with Gasteiger partial charge in [0.25, 0.3) is 5.56 Å². The van der Waals surface area contributed by atoms with Crippen molar-refractivity contribution >= 4 is 14.0 Å². The number of hydrogen-bond acceptors (Lipinski definition) is 9. The van der Waals surface area contributed by atoms with E-state index in [4.69, 9.17) is 28.5 Å². The molecule has 3 aromatic carbocycles. The Hall–Kier alpha value is -4.76. The fourth-order valence-electron chi connectivity index (χ4n) is 4.68. The first kappa shape index (κ1) is 34.1. The molecule has 12 nitrogen and oxygen atoms in total. The number of nitrogens with zero attached hydrogens (tertiary/aromatic N) is 2. The first-order valence-corrected chi connectivity index (χ1v) is 15.6. The van der Waals surface area contributed by atoms with E-state index in [9.17, 15) is 19.0 Å². The molecule has 0 saturated carbocycles. The van der Waals surface area contributed by atoms with Gasteiger partial charge in [-0.05, 0) is 53.5 Å². The maximum atomic E-state index is 12.7. The van der Waals surface area contributed by atoms with Crippen LogP contribution < -0.4 is 20.7 Å². The molecule has 1 unspecified atom stereocenters. The van der Waals surface area contributed by atoms with Crippen molar-refractivity contribution in [2.75, 3.05) is 34.0 Å². The molecule has 0 fully saturated rings. The molecule has 1 atom stereocenters. The smallest absolute Gasteiger partial charge is 0.472 e. The number of rotatable bonds is 15.